The van der Waals surface area contributed by atoms with Crippen molar-refractivity contribution in [3.05, 3.63) is 65.7 Å². The Kier molecular flexibility index (Phi) is 5.72. The molecule has 2 aromatic rings. The number of ether oxygens (including phenoxy) is 1. The highest BCUT2D eigenvalue weighted by Gasteiger charge is 2.49. The molecule has 1 aliphatic carbocycles. The molecule has 160 valence electrons. The van der Waals surface area contributed by atoms with Gasteiger partial charge in [0.1, 0.15) is 0 Å². The number of nitrogens with zero attached hydrogens (tertiary/aromatic N) is 1. The Balaban J connectivity index is 1.44. The van der Waals surface area contributed by atoms with Crippen molar-refractivity contribution in [1.29, 1.82) is 0 Å². The number of carbonyl (C=O) groups excluding carboxylic acids is 4. The Bertz CT molecular complexity index is 1010. The minimum atomic E-state index is -0.929. The lowest BCUT2D eigenvalue weighted by Crippen LogP contribution is -2.31. The lowest BCUT2D eigenvalue weighted by atomic mass is 9.76. The van der Waals surface area contributed by atoms with Crippen LogP contribution in [0.3, 0.4) is 0 Å². The second-order valence-corrected chi connectivity index (χ2v) is 8.47. The molecule has 6 heteroatoms. The third-order valence-electron chi connectivity index (χ3n) is 6.26. The monoisotopic (exact) mass is 419 g/mol. The Labute approximate surface area is 181 Å². The van der Waals surface area contributed by atoms with Crippen molar-refractivity contribution < 1.29 is 23.9 Å². The maximum atomic E-state index is 12.8. The molecule has 4 rings (SSSR count). The van der Waals surface area contributed by atoms with Crippen LogP contribution in [0, 0.1) is 17.8 Å². The normalized spacial score (nSPS) is 23.9. The summed E-state index contributed by atoms with van der Waals surface area (Å²) < 4.78 is 5.31. The minimum absolute atomic E-state index is 0.153. The summed E-state index contributed by atoms with van der Waals surface area (Å²) in [6, 6.07) is 14.8. The molecular formula is C25H25NO5. The summed E-state index contributed by atoms with van der Waals surface area (Å²) in [4.78, 5) is 51.8. The second kappa shape index (κ2) is 8.46. The Morgan fingerprint density at radius 3 is 2.23 bits per heavy atom. The van der Waals surface area contributed by atoms with Gasteiger partial charge < -0.3 is 4.74 Å². The van der Waals surface area contributed by atoms with Gasteiger partial charge in [-0.3, -0.25) is 19.3 Å². The molecule has 1 saturated heterocycles. The third kappa shape index (κ3) is 4.02. The number of hydrogen-bond donors (Lipinski definition) is 0. The number of esters is 1. The molecular weight excluding hydrogens is 394 g/mol. The van der Waals surface area contributed by atoms with Crippen LogP contribution in [0.2, 0.25) is 0 Å². The number of anilines is 1. The molecule has 2 aliphatic rings. The Hall–Kier alpha value is -3.28. The first kappa shape index (κ1) is 21.0. The maximum absolute atomic E-state index is 12.8. The molecule has 1 aliphatic heterocycles. The average Bonchev–Trinajstić information content (AvgIpc) is 3.03. The number of ketones is 1. The summed E-state index contributed by atoms with van der Waals surface area (Å²) in [5, 5.41) is 0. The first-order valence-electron chi connectivity index (χ1n) is 10.6. The largest absolute Gasteiger partial charge is 0.451 e. The summed E-state index contributed by atoms with van der Waals surface area (Å²) in [7, 11) is 0. The first-order valence-corrected chi connectivity index (χ1v) is 10.6. The van der Waals surface area contributed by atoms with Crippen LogP contribution in [0.4, 0.5) is 5.69 Å². The number of carbonyl (C=O) groups is 4. The lowest BCUT2D eigenvalue weighted by molar-refractivity contribution is -0.122. The van der Waals surface area contributed by atoms with Gasteiger partial charge in [-0.1, -0.05) is 37.3 Å². The molecule has 4 atom stereocenters. The van der Waals surface area contributed by atoms with Crippen LogP contribution in [0.25, 0.3) is 0 Å². The van der Waals surface area contributed by atoms with Gasteiger partial charge in [-0.25, -0.2) is 4.79 Å². The quantitative estimate of drug-likeness (QED) is 0.415. The van der Waals surface area contributed by atoms with Gasteiger partial charge in [0.2, 0.25) is 17.6 Å². The number of amides is 2. The van der Waals surface area contributed by atoms with E-state index in [9.17, 15) is 19.2 Å². The van der Waals surface area contributed by atoms with Gasteiger partial charge in [-0.2, -0.15) is 0 Å². The van der Waals surface area contributed by atoms with E-state index in [0.717, 1.165) is 19.3 Å². The molecule has 2 fully saturated rings. The molecule has 0 spiro atoms. The standard InChI is InChI=1S/C25H25NO5/c1-15-8-13-20-21(14-15)24(29)26(23(20)28)19-11-9-18(10-12-19)25(30)31-16(2)22(27)17-6-4-3-5-7-17/h3-7,9-12,15-16,20-21H,8,13-14H2,1-2H3/t15-,16+,20+,21-/m1/s1. The molecule has 6 nitrogen and oxygen atoms in total. The molecule has 1 heterocycles. The SMILES string of the molecule is C[C@@H]1CC[C@@H]2C(=O)N(c3ccc(C(=O)O[C@@H](C)C(=O)c4ccccc4)cc3)C(=O)[C@@H]2C1. The van der Waals surface area contributed by atoms with Crippen molar-refractivity contribution in [2.75, 3.05) is 4.90 Å². The zero-order valence-electron chi connectivity index (χ0n) is 17.6. The fourth-order valence-corrected chi connectivity index (χ4v) is 4.51. The minimum Gasteiger partial charge on any atom is -0.451 e. The van der Waals surface area contributed by atoms with E-state index in [0.29, 0.717) is 17.2 Å². The smallest absolute Gasteiger partial charge is 0.338 e. The molecule has 31 heavy (non-hydrogen) atoms. The van der Waals surface area contributed by atoms with E-state index in [4.69, 9.17) is 4.74 Å². The van der Waals surface area contributed by atoms with E-state index < -0.39 is 12.1 Å². The number of benzene rings is 2. The van der Waals surface area contributed by atoms with E-state index in [1.165, 1.54) is 24.0 Å². The van der Waals surface area contributed by atoms with E-state index in [1.807, 2.05) is 0 Å². The molecule has 2 aromatic carbocycles. The summed E-state index contributed by atoms with van der Waals surface area (Å²) in [6.07, 6.45) is 1.51. The Morgan fingerprint density at radius 2 is 1.55 bits per heavy atom. The highest BCUT2D eigenvalue weighted by atomic mass is 16.5. The average molecular weight is 419 g/mol. The predicted octanol–water partition coefficient (Wildman–Crippen LogP) is 4.04. The van der Waals surface area contributed by atoms with Gasteiger partial charge in [0.05, 0.1) is 23.1 Å². The van der Waals surface area contributed by atoms with Crippen LogP contribution in [0.1, 0.15) is 53.8 Å². The molecule has 0 unspecified atom stereocenters. The number of fused-ring (bicyclic) bond motifs is 1. The number of Topliss-reactive ketones (excluding diaryl/α,β-unsaturated/α-hetero) is 1. The molecule has 0 aromatic heterocycles. The van der Waals surface area contributed by atoms with Gasteiger partial charge in [0.25, 0.3) is 0 Å². The van der Waals surface area contributed by atoms with E-state index in [2.05, 4.69) is 6.92 Å². The second-order valence-electron chi connectivity index (χ2n) is 8.47. The van der Waals surface area contributed by atoms with Crippen LogP contribution in [-0.4, -0.2) is 29.7 Å². The summed E-state index contributed by atoms with van der Waals surface area (Å²) in [5.74, 6) is -1.27. The molecule has 1 saturated carbocycles. The summed E-state index contributed by atoms with van der Waals surface area (Å²) >= 11 is 0. The van der Waals surface area contributed by atoms with Gasteiger partial charge in [-0.15, -0.1) is 0 Å². The van der Waals surface area contributed by atoms with Crippen molar-refractivity contribution >= 4 is 29.3 Å². The summed E-state index contributed by atoms with van der Waals surface area (Å²) in [6.45, 7) is 3.65. The van der Waals surface area contributed by atoms with Crippen molar-refractivity contribution in [2.45, 2.75) is 39.2 Å². The highest BCUT2D eigenvalue weighted by Crippen LogP contribution is 2.42. The zero-order chi connectivity index (χ0) is 22.1. The topological polar surface area (TPSA) is 80.8 Å². The first-order chi connectivity index (χ1) is 14.9. The van der Waals surface area contributed by atoms with Crippen LogP contribution in [0.15, 0.2) is 54.6 Å². The lowest BCUT2D eigenvalue weighted by Gasteiger charge is -2.25. The number of imide groups is 1. The van der Waals surface area contributed by atoms with Gasteiger partial charge >= 0.3 is 5.97 Å². The molecule has 0 radical (unpaired) electrons. The van der Waals surface area contributed by atoms with E-state index in [1.54, 1.807) is 42.5 Å². The van der Waals surface area contributed by atoms with Crippen molar-refractivity contribution in [1.82, 2.24) is 0 Å². The molecule has 0 bridgehead atoms. The van der Waals surface area contributed by atoms with E-state index in [-0.39, 0.29) is 35.0 Å². The van der Waals surface area contributed by atoms with Crippen LogP contribution in [-0.2, 0) is 14.3 Å². The van der Waals surface area contributed by atoms with Crippen LogP contribution in [0.5, 0.6) is 0 Å². The van der Waals surface area contributed by atoms with E-state index >= 15 is 0 Å². The fraction of sp³-hybridized carbons (Fsp3) is 0.360. The zero-order valence-corrected chi connectivity index (χ0v) is 17.6. The Morgan fingerprint density at radius 1 is 0.903 bits per heavy atom. The van der Waals surface area contributed by atoms with Gasteiger partial charge in [0, 0.05) is 5.56 Å². The highest BCUT2D eigenvalue weighted by molar-refractivity contribution is 6.22. The summed E-state index contributed by atoms with van der Waals surface area (Å²) in [5.41, 5.74) is 1.18. The van der Waals surface area contributed by atoms with Crippen molar-refractivity contribution in [3.63, 3.8) is 0 Å². The number of hydrogen-bond acceptors (Lipinski definition) is 5. The van der Waals surface area contributed by atoms with Crippen molar-refractivity contribution in [2.24, 2.45) is 17.8 Å². The predicted molar refractivity (Wildman–Crippen MR) is 115 cm³/mol. The van der Waals surface area contributed by atoms with Gasteiger partial charge in [0.15, 0.2) is 6.10 Å². The number of rotatable bonds is 5. The maximum Gasteiger partial charge on any atom is 0.338 e. The molecule has 0 N–H and O–H groups in total. The van der Waals surface area contributed by atoms with Crippen molar-refractivity contribution in [3.8, 4) is 0 Å². The van der Waals surface area contributed by atoms with Gasteiger partial charge in [-0.05, 0) is 56.4 Å². The fourth-order valence-electron chi connectivity index (χ4n) is 4.51. The molecule has 2 amide bonds. The van der Waals surface area contributed by atoms with Crippen LogP contribution >= 0.6 is 0 Å². The van der Waals surface area contributed by atoms with Crippen LogP contribution < -0.4 is 4.90 Å². The third-order valence-corrected chi connectivity index (χ3v) is 6.26.